The third-order valence-corrected chi connectivity index (χ3v) is 7.02. The highest BCUT2D eigenvalue weighted by Gasteiger charge is 2.36. The first kappa shape index (κ1) is 20.6. The third kappa shape index (κ3) is 3.15. The van der Waals surface area contributed by atoms with Crippen LogP contribution in [0.1, 0.15) is 34.0 Å². The van der Waals surface area contributed by atoms with Gasteiger partial charge in [0.1, 0.15) is 0 Å². The van der Waals surface area contributed by atoms with Crippen LogP contribution in [0.15, 0.2) is 29.3 Å². The minimum Gasteiger partial charge on any atom is -0.494 e. The second-order valence-corrected chi connectivity index (χ2v) is 8.25. The van der Waals surface area contributed by atoms with Crippen molar-refractivity contribution in [1.29, 1.82) is 0 Å². The predicted octanol–water partition coefficient (Wildman–Crippen LogP) is 7.21. The maximum absolute atomic E-state index is 12.7. The summed E-state index contributed by atoms with van der Waals surface area (Å²) >= 11 is 31.0. The van der Waals surface area contributed by atoms with Crippen molar-refractivity contribution in [1.82, 2.24) is 4.98 Å². The van der Waals surface area contributed by atoms with E-state index in [4.69, 9.17) is 58.0 Å². The van der Waals surface area contributed by atoms with Gasteiger partial charge in [0.15, 0.2) is 5.88 Å². The first-order valence-corrected chi connectivity index (χ1v) is 10.3. The Kier molecular flexibility index (Phi) is 5.34. The Bertz CT molecular complexity index is 1180. The van der Waals surface area contributed by atoms with E-state index in [1.165, 1.54) is 0 Å². The van der Waals surface area contributed by atoms with E-state index >= 15 is 0 Å². The molecule has 0 atom stereocenters. The van der Waals surface area contributed by atoms with Crippen molar-refractivity contribution >= 4 is 69.6 Å². The van der Waals surface area contributed by atoms with Crippen LogP contribution in [0.25, 0.3) is 11.3 Å². The van der Waals surface area contributed by atoms with Gasteiger partial charge < -0.3 is 10.1 Å². The molecule has 0 radical (unpaired) electrons. The maximum atomic E-state index is 12.7. The van der Waals surface area contributed by atoms with Gasteiger partial charge in [0.25, 0.3) is 5.91 Å². The lowest BCUT2D eigenvalue weighted by atomic mass is 9.99. The predicted molar refractivity (Wildman–Crippen MR) is 119 cm³/mol. The Morgan fingerprint density at radius 2 is 1.41 bits per heavy atom. The number of rotatable bonds is 3. The van der Waals surface area contributed by atoms with Crippen LogP contribution in [0.3, 0.4) is 0 Å². The molecule has 3 aromatic rings. The van der Waals surface area contributed by atoms with E-state index in [0.29, 0.717) is 5.69 Å². The van der Waals surface area contributed by atoms with Gasteiger partial charge in [-0.05, 0) is 17.5 Å². The van der Waals surface area contributed by atoms with Crippen molar-refractivity contribution in [3.8, 4) is 17.1 Å². The number of carbonyl (C=O) groups excluding carboxylic acids is 1. The van der Waals surface area contributed by atoms with Crippen LogP contribution in [-0.2, 0) is 6.42 Å². The van der Waals surface area contributed by atoms with Crippen LogP contribution in [0.2, 0.25) is 25.1 Å². The monoisotopic (exact) mass is 486 g/mol. The number of aromatic hydroxyl groups is 1. The molecule has 148 valence electrons. The zero-order chi connectivity index (χ0) is 21.0. The molecule has 4 nitrogen and oxygen atoms in total. The normalized spacial score (nSPS) is 13.0. The van der Waals surface area contributed by atoms with E-state index in [1.54, 1.807) is 0 Å². The van der Waals surface area contributed by atoms with E-state index in [9.17, 15) is 9.90 Å². The lowest BCUT2D eigenvalue weighted by Gasteiger charge is -2.12. The highest BCUT2D eigenvalue weighted by Crippen LogP contribution is 2.47. The lowest BCUT2D eigenvalue weighted by molar-refractivity contribution is 0.101. The molecule has 2 aromatic carbocycles. The number of nitrogens with one attached hydrogen (secondary N) is 1. The fourth-order valence-electron chi connectivity index (χ4n) is 3.26. The molecule has 0 unspecified atom stereocenters. The lowest BCUT2D eigenvalue weighted by Crippen LogP contribution is -2.03. The standard InChI is InChI=1S/C20H11Cl5N2O2/c1-2-7-3-5-8(6-4-7)17-9-10(20(29)26-17)18(27-19(9)28)11-12(21)14(23)16(25)15(24)13(11)22/h3-6,26,29H,2H2,1H3. The number of aliphatic imine (C=N–C) groups is 1. The zero-order valence-electron chi connectivity index (χ0n) is 14.7. The van der Waals surface area contributed by atoms with E-state index in [2.05, 4.69) is 9.98 Å². The number of halogens is 5. The zero-order valence-corrected chi connectivity index (χ0v) is 18.5. The maximum Gasteiger partial charge on any atom is 0.280 e. The number of fused-ring (bicyclic) bond motifs is 1. The molecule has 2 N–H and O–H groups in total. The number of nitrogens with zero attached hydrogens (tertiary/aromatic N) is 1. The molecule has 1 aliphatic heterocycles. The van der Waals surface area contributed by atoms with Gasteiger partial charge in [0.2, 0.25) is 0 Å². The van der Waals surface area contributed by atoms with Crippen LogP contribution >= 0.6 is 58.0 Å². The number of hydrogen-bond acceptors (Lipinski definition) is 2. The summed E-state index contributed by atoms with van der Waals surface area (Å²) in [5.41, 5.74) is 2.93. The molecule has 0 bridgehead atoms. The molecular formula is C20H11Cl5N2O2. The van der Waals surface area contributed by atoms with Gasteiger partial charge in [-0.2, -0.15) is 0 Å². The summed E-state index contributed by atoms with van der Waals surface area (Å²) < 4.78 is 0. The Morgan fingerprint density at radius 1 is 0.862 bits per heavy atom. The average Bonchev–Trinajstić information content (AvgIpc) is 3.24. The molecule has 1 amide bonds. The van der Waals surface area contributed by atoms with Crippen LogP contribution in [0.4, 0.5) is 0 Å². The quantitative estimate of drug-likeness (QED) is 0.302. The summed E-state index contributed by atoms with van der Waals surface area (Å²) in [6.45, 7) is 2.05. The highest BCUT2D eigenvalue weighted by molar-refractivity contribution is 6.57. The van der Waals surface area contributed by atoms with Gasteiger partial charge in [-0.3, -0.25) is 4.79 Å². The van der Waals surface area contributed by atoms with Crippen LogP contribution in [0, 0.1) is 0 Å². The molecule has 0 saturated carbocycles. The Morgan fingerprint density at radius 3 is 1.97 bits per heavy atom. The fourth-order valence-corrected chi connectivity index (χ4v) is 4.58. The second kappa shape index (κ2) is 7.53. The number of aromatic nitrogens is 1. The smallest absolute Gasteiger partial charge is 0.280 e. The Balaban J connectivity index is 1.93. The van der Waals surface area contributed by atoms with Crippen molar-refractivity contribution < 1.29 is 9.90 Å². The Labute approximate surface area is 191 Å². The Hall–Kier alpha value is -1.69. The summed E-state index contributed by atoms with van der Waals surface area (Å²) in [6.07, 6.45) is 0.885. The topological polar surface area (TPSA) is 65.4 Å². The van der Waals surface area contributed by atoms with Gasteiger partial charge in [-0.1, -0.05) is 89.2 Å². The van der Waals surface area contributed by atoms with Crippen molar-refractivity contribution in [3.05, 3.63) is 71.6 Å². The molecule has 9 heteroatoms. The summed E-state index contributed by atoms with van der Waals surface area (Å²) in [7, 11) is 0. The largest absolute Gasteiger partial charge is 0.494 e. The van der Waals surface area contributed by atoms with Gasteiger partial charge in [0, 0.05) is 5.56 Å². The van der Waals surface area contributed by atoms with E-state index in [0.717, 1.165) is 17.5 Å². The second-order valence-electron chi connectivity index (χ2n) is 6.36. The number of hydrogen-bond donors (Lipinski definition) is 2. The van der Waals surface area contributed by atoms with Crippen molar-refractivity contribution in [2.45, 2.75) is 13.3 Å². The molecule has 0 spiro atoms. The molecule has 29 heavy (non-hydrogen) atoms. The van der Waals surface area contributed by atoms with E-state index < -0.39 is 5.91 Å². The number of H-pyrrole nitrogens is 1. The third-order valence-electron chi connectivity index (χ3n) is 4.74. The van der Waals surface area contributed by atoms with Crippen molar-refractivity contribution in [2.75, 3.05) is 0 Å². The molecule has 0 saturated heterocycles. The number of aromatic amines is 1. The molecule has 1 aromatic heterocycles. The molecule has 4 rings (SSSR count). The van der Waals surface area contributed by atoms with Gasteiger partial charge in [-0.25, -0.2) is 4.99 Å². The van der Waals surface area contributed by atoms with Gasteiger partial charge in [0.05, 0.1) is 47.6 Å². The SMILES string of the molecule is CCc1ccc(-c2[nH]c(O)c3c2C(=O)N=C3c2c(Cl)c(Cl)c(Cl)c(Cl)c2Cl)cc1. The number of amides is 1. The van der Waals surface area contributed by atoms with Crippen molar-refractivity contribution in [3.63, 3.8) is 0 Å². The highest BCUT2D eigenvalue weighted by atomic mass is 35.5. The van der Waals surface area contributed by atoms with E-state index in [-0.39, 0.29) is 53.4 Å². The summed E-state index contributed by atoms with van der Waals surface area (Å²) in [6, 6.07) is 7.64. The van der Waals surface area contributed by atoms with Crippen LogP contribution in [0.5, 0.6) is 5.88 Å². The summed E-state index contributed by atoms with van der Waals surface area (Å²) in [5, 5.41) is 10.5. The number of carbonyl (C=O) groups is 1. The van der Waals surface area contributed by atoms with Gasteiger partial charge >= 0.3 is 0 Å². The van der Waals surface area contributed by atoms with Crippen molar-refractivity contribution in [2.24, 2.45) is 4.99 Å². The van der Waals surface area contributed by atoms with Gasteiger partial charge in [-0.15, -0.1) is 0 Å². The fraction of sp³-hybridized carbons (Fsp3) is 0.100. The summed E-state index contributed by atoms with van der Waals surface area (Å²) in [4.78, 5) is 19.7. The summed E-state index contributed by atoms with van der Waals surface area (Å²) in [5.74, 6) is -0.788. The average molecular weight is 489 g/mol. The van der Waals surface area contributed by atoms with E-state index in [1.807, 2.05) is 31.2 Å². The number of benzene rings is 2. The first-order valence-electron chi connectivity index (χ1n) is 8.45. The molecule has 2 heterocycles. The first-order chi connectivity index (χ1) is 13.8. The minimum atomic E-state index is -0.546. The number of aryl methyl sites for hydroxylation is 1. The minimum absolute atomic E-state index is 0.00720. The van der Waals surface area contributed by atoms with Crippen LogP contribution in [-0.4, -0.2) is 21.7 Å². The molecule has 0 fully saturated rings. The molecular weight excluding hydrogens is 477 g/mol. The van der Waals surface area contributed by atoms with Crippen LogP contribution < -0.4 is 0 Å². The molecule has 0 aliphatic carbocycles. The molecule has 1 aliphatic rings.